The van der Waals surface area contributed by atoms with Crippen LogP contribution in [0, 0.1) is 13.8 Å². The first-order valence-electron chi connectivity index (χ1n) is 8.45. The Hall–Kier alpha value is -2.87. The second kappa shape index (κ2) is 7.03. The van der Waals surface area contributed by atoms with Crippen molar-refractivity contribution in [1.29, 1.82) is 0 Å². The maximum atomic E-state index is 5.33. The average molecular weight is 381 g/mol. The summed E-state index contributed by atoms with van der Waals surface area (Å²) in [5, 5.41) is 4.75. The summed E-state index contributed by atoms with van der Waals surface area (Å²) >= 11 is 1.58. The lowest BCUT2D eigenvalue weighted by Crippen LogP contribution is -1.97. The van der Waals surface area contributed by atoms with E-state index in [2.05, 4.69) is 10.1 Å². The molecule has 0 aliphatic carbocycles. The van der Waals surface area contributed by atoms with Gasteiger partial charge in [0.1, 0.15) is 22.7 Å². The second-order valence-electron chi connectivity index (χ2n) is 6.22. The molecule has 0 aliphatic heterocycles. The number of nitrogens with zero attached hydrogens (tertiary/aromatic N) is 5. The van der Waals surface area contributed by atoms with Gasteiger partial charge in [0.15, 0.2) is 10.8 Å². The minimum Gasteiger partial charge on any atom is -0.497 e. The molecule has 3 heterocycles. The first-order valence-corrected chi connectivity index (χ1v) is 9.43. The predicted octanol–water partition coefficient (Wildman–Crippen LogP) is 3.94. The molecule has 7 nitrogen and oxygen atoms in total. The summed E-state index contributed by atoms with van der Waals surface area (Å²) in [5.41, 5.74) is 5.15. The van der Waals surface area contributed by atoms with Crippen LogP contribution >= 0.6 is 11.8 Å². The van der Waals surface area contributed by atoms with Crippen LogP contribution in [0.3, 0.4) is 0 Å². The third-order valence-electron chi connectivity index (χ3n) is 4.34. The molecule has 0 unspecified atom stereocenters. The summed E-state index contributed by atoms with van der Waals surface area (Å²) in [5.74, 6) is 2.33. The van der Waals surface area contributed by atoms with Crippen molar-refractivity contribution in [2.45, 2.75) is 24.8 Å². The van der Waals surface area contributed by atoms with E-state index in [-0.39, 0.29) is 0 Å². The van der Waals surface area contributed by atoms with E-state index in [1.54, 1.807) is 25.2 Å². The van der Waals surface area contributed by atoms with Crippen LogP contribution in [-0.4, -0.2) is 31.8 Å². The monoisotopic (exact) mass is 381 g/mol. The van der Waals surface area contributed by atoms with Gasteiger partial charge in [0.05, 0.1) is 24.7 Å². The predicted molar refractivity (Wildman–Crippen MR) is 104 cm³/mol. The fraction of sp³-hybridized carbons (Fsp3) is 0.263. The summed E-state index contributed by atoms with van der Waals surface area (Å²) in [6.07, 6.45) is 1.75. The molecule has 0 saturated carbocycles. The van der Waals surface area contributed by atoms with Crippen molar-refractivity contribution in [3.8, 4) is 17.0 Å². The van der Waals surface area contributed by atoms with E-state index in [4.69, 9.17) is 19.2 Å². The SMILES string of the molecule is COc1ccc(CSc2nc(-c3c(C)noc3C)c3ncn(C)c3n2)cc1. The highest BCUT2D eigenvalue weighted by atomic mass is 32.2. The van der Waals surface area contributed by atoms with Gasteiger partial charge in [-0.1, -0.05) is 29.1 Å². The first-order chi connectivity index (χ1) is 13.1. The topological polar surface area (TPSA) is 78.9 Å². The van der Waals surface area contributed by atoms with E-state index in [1.165, 1.54) is 5.56 Å². The molecule has 0 fully saturated rings. The Morgan fingerprint density at radius 3 is 2.59 bits per heavy atom. The Morgan fingerprint density at radius 1 is 1.15 bits per heavy atom. The molecule has 138 valence electrons. The highest BCUT2D eigenvalue weighted by Gasteiger charge is 2.20. The van der Waals surface area contributed by atoms with Crippen LogP contribution in [0.15, 0.2) is 40.3 Å². The summed E-state index contributed by atoms with van der Waals surface area (Å²) in [7, 11) is 3.59. The van der Waals surface area contributed by atoms with Crippen molar-refractivity contribution in [2.75, 3.05) is 7.11 Å². The zero-order chi connectivity index (χ0) is 19.0. The Balaban J connectivity index is 1.72. The van der Waals surface area contributed by atoms with Gasteiger partial charge in [0, 0.05) is 12.8 Å². The number of aryl methyl sites for hydroxylation is 3. The van der Waals surface area contributed by atoms with Crippen LogP contribution in [0.1, 0.15) is 17.0 Å². The summed E-state index contributed by atoms with van der Waals surface area (Å²) in [6, 6.07) is 8.00. The first kappa shape index (κ1) is 17.5. The van der Waals surface area contributed by atoms with Crippen molar-refractivity contribution in [2.24, 2.45) is 7.05 Å². The van der Waals surface area contributed by atoms with Gasteiger partial charge in [0.25, 0.3) is 0 Å². The fourth-order valence-electron chi connectivity index (χ4n) is 2.92. The molecular weight excluding hydrogens is 362 g/mol. The zero-order valence-corrected chi connectivity index (χ0v) is 16.4. The molecule has 0 atom stereocenters. The number of rotatable bonds is 5. The average Bonchev–Trinajstić information content (AvgIpc) is 3.22. The Labute approximate surface area is 160 Å². The van der Waals surface area contributed by atoms with Gasteiger partial charge in [-0.25, -0.2) is 15.0 Å². The van der Waals surface area contributed by atoms with Crippen molar-refractivity contribution >= 4 is 22.9 Å². The van der Waals surface area contributed by atoms with Crippen molar-refractivity contribution in [3.63, 3.8) is 0 Å². The lowest BCUT2D eigenvalue weighted by atomic mass is 10.1. The number of thioether (sulfide) groups is 1. The van der Waals surface area contributed by atoms with E-state index in [0.717, 1.165) is 45.4 Å². The quantitative estimate of drug-likeness (QED) is 0.383. The maximum absolute atomic E-state index is 5.33. The number of fused-ring (bicyclic) bond motifs is 1. The third kappa shape index (κ3) is 3.28. The van der Waals surface area contributed by atoms with E-state index >= 15 is 0 Å². The molecule has 0 spiro atoms. The van der Waals surface area contributed by atoms with E-state index in [0.29, 0.717) is 5.16 Å². The number of hydrogen-bond donors (Lipinski definition) is 0. The number of imidazole rings is 1. The molecule has 4 rings (SSSR count). The summed E-state index contributed by atoms with van der Waals surface area (Å²) in [4.78, 5) is 13.9. The van der Waals surface area contributed by atoms with E-state index in [1.807, 2.05) is 49.7 Å². The van der Waals surface area contributed by atoms with Crippen LogP contribution in [0.2, 0.25) is 0 Å². The molecule has 27 heavy (non-hydrogen) atoms. The molecule has 4 aromatic rings. The van der Waals surface area contributed by atoms with Gasteiger partial charge >= 0.3 is 0 Å². The third-order valence-corrected chi connectivity index (χ3v) is 5.25. The van der Waals surface area contributed by atoms with Gasteiger partial charge < -0.3 is 13.8 Å². The smallest absolute Gasteiger partial charge is 0.190 e. The Kier molecular flexibility index (Phi) is 4.57. The standard InChI is InChI=1S/C19H19N5O2S/c1-11-15(12(2)26-23-11)16-17-18(24(3)10-20-17)22-19(21-16)27-9-13-5-7-14(25-4)8-6-13/h5-8,10H,9H2,1-4H3. The highest BCUT2D eigenvalue weighted by Crippen LogP contribution is 2.32. The van der Waals surface area contributed by atoms with Crippen LogP contribution in [-0.2, 0) is 12.8 Å². The lowest BCUT2D eigenvalue weighted by Gasteiger charge is -2.07. The molecular formula is C19H19N5O2S. The molecule has 0 saturated heterocycles. The molecule has 0 aliphatic rings. The molecule has 0 radical (unpaired) electrons. The van der Waals surface area contributed by atoms with Gasteiger partial charge in [-0.15, -0.1) is 0 Å². The number of aromatic nitrogens is 5. The maximum Gasteiger partial charge on any atom is 0.190 e. The molecule has 8 heteroatoms. The molecule has 0 N–H and O–H groups in total. The summed E-state index contributed by atoms with van der Waals surface area (Å²) in [6.45, 7) is 3.79. The van der Waals surface area contributed by atoms with Gasteiger partial charge in [-0.05, 0) is 31.5 Å². The van der Waals surface area contributed by atoms with Gasteiger partial charge in [-0.3, -0.25) is 0 Å². The number of ether oxygens (including phenoxy) is 1. The molecule has 1 aromatic carbocycles. The molecule has 3 aromatic heterocycles. The number of benzene rings is 1. The minimum absolute atomic E-state index is 0.692. The second-order valence-corrected chi connectivity index (χ2v) is 7.16. The van der Waals surface area contributed by atoms with Crippen molar-refractivity contribution in [1.82, 2.24) is 24.7 Å². The zero-order valence-electron chi connectivity index (χ0n) is 15.6. The van der Waals surface area contributed by atoms with Crippen LogP contribution < -0.4 is 4.74 Å². The van der Waals surface area contributed by atoms with E-state index < -0.39 is 0 Å². The Bertz CT molecular complexity index is 1080. The van der Waals surface area contributed by atoms with Crippen LogP contribution in [0.5, 0.6) is 5.75 Å². The normalized spacial score (nSPS) is 11.3. The minimum atomic E-state index is 0.692. The lowest BCUT2D eigenvalue weighted by molar-refractivity contribution is 0.393. The number of hydrogen-bond acceptors (Lipinski definition) is 7. The van der Waals surface area contributed by atoms with Gasteiger partial charge in [0.2, 0.25) is 0 Å². The largest absolute Gasteiger partial charge is 0.497 e. The van der Waals surface area contributed by atoms with E-state index in [9.17, 15) is 0 Å². The molecule has 0 amide bonds. The van der Waals surface area contributed by atoms with Crippen LogP contribution in [0.25, 0.3) is 22.4 Å². The fourth-order valence-corrected chi connectivity index (χ4v) is 3.71. The number of methoxy groups -OCH3 is 1. The van der Waals surface area contributed by atoms with Crippen molar-refractivity contribution in [3.05, 3.63) is 47.6 Å². The molecule has 0 bridgehead atoms. The van der Waals surface area contributed by atoms with Crippen molar-refractivity contribution < 1.29 is 9.26 Å². The van der Waals surface area contributed by atoms with Crippen LogP contribution in [0.4, 0.5) is 0 Å². The summed E-state index contributed by atoms with van der Waals surface area (Å²) < 4.78 is 12.4. The Morgan fingerprint density at radius 2 is 1.93 bits per heavy atom. The highest BCUT2D eigenvalue weighted by molar-refractivity contribution is 7.98. The van der Waals surface area contributed by atoms with Gasteiger partial charge in [-0.2, -0.15) is 0 Å².